The molecule has 1 rings (SSSR count). The van der Waals surface area contributed by atoms with Crippen LogP contribution in [0.1, 0.15) is 20.3 Å². The van der Waals surface area contributed by atoms with E-state index in [-0.39, 0.29) is 17.4 Å². The molecule has 1 aromatic carbocycles. The van der Waals surface area contributed by atoms with Crippen molar-refractivity contribution in [1.29, 1.82) is 0 Å². The van der Waals surface area contributed by atoms with Crippen LogP contribution in [0.4, 0.5) is 5.69 Å². The number of carboxylic acid groups (broad SMARTS) is 1. The Morgan fingerprint density at radius 2 is 1.90 bits per heavy atom. The van der Waals surface area contributed by atoms with Gasteiger partial charge in [-0.25, -0.2) is 17.9 Å². The highest BCUT2D eigenvalue weighted by Gasteiger charge is 2.17. The molecule has 6 nitrogen and oxygen atoms in total. The van der Waals surface area contributed by atoms with Crippen LogP contribution in [0.2, 0.25) is 0 Å². The molecule has 1 atom stereocenters. The summed E-state index contributed by atoms with van der Waals surface area (Å²) in [6.45, 7) is 6.98. The molecular weight excluding hydrogens is 292 g/mol. The normalized spacial score (nSPS) is 12.9. The lowest BCUT2D eigenvalue weighted by molar-refractivity contribution is -0.137. The standard InChI is InChI=1S/C14H20N2O4S/c1-4-5-13(14(17)18)15-11-6-8-12(9-7-11)21(19,20)16-10(2)3/h4,6-10,13,15-16H,1,5H2,2-3H3,(H,17,18). The maximum atomic E-state index is 11.9. The van der Waals surface area contributed by atoms with Crippen molar-refractivity contribution in [3.63, 3.8) is 0 Å². The summed E-state index contributed by atoms with van der Waals surface area (Å²) in [7, 11) is -3.54. The lowest BCUT2D eigenvalue weighted by Crippen LogP contribution is -2.30. The van der Waals surface area contributed by atoms with Crippen molar-refractivity contribution >= 4 is 21.7 Å². The van der Waals surface area contributed by atoms with E-state index in [1.54, 1.807) is 13.8 Å². The van der Waals surface area contributed by atoms with Crippen molar-refractivity contribution in [2.24, 2.45) is 0 Å². The number of nitrogens with one attached hydrogen (secondary N) is 2. The molecule has 0 aliphatic carbocycles. The summed E-state index contributed by atoms with van der Waals surface area (Å²) in [6.07, 6.45) is 1.78. The van der Waals surface area contributed by atoms with E-state index in [0.29, 0.717) is 5.69 Å². The van der Waals surface area contributed by atoms with Gasteiger partial charge in [0.2, 0.25) is 10.0 Å². The SMILES string of the molecule is C=CCC(Nc1ccc(S(=O)(=O)NC(C)C)cc1)C(=O)O. The van der Waals surface area contributed by atoms with Gasteiger partial charge in [-0.15, -0.1) is 6.58 Å². The second kappa shape index (κ2) is 7.24. The average Bonchev–Trinajstić information content (AvgIpc) is 2.37. The number of carboxylic acids is 1. The van der Waals surface area contributed by atoms with Crippen LogP contribution in [-0.4, -0.2) is 31.6 Å². The van der Waals surface area contributed by atoms with E-state index in [1.807, 2.05) is 0 Å². The zero-order chi connectivity index (χ0) is 16.0. The molecule has 0 saturated carbocycles. The summed E-state index contributed by atoms with van der Waals surface area (Å²) < 4.78 is 26.4. The summed E-state index contributed by atoms with van der Waals surface area (Å²) in [5, 5.41) is 11.8. The number of rotatable bonds is 8. The zero-order valence-electron chi connectivity index (χ0n) is 12.0. The van der Waals surface area contributed by atoms with Gasteiger partial charge in [-0.05, 0) is 44.5 Å². The Bertz CT molecular complexity index is 594. The monoisotopic (exact) mass is 312 g/mol. The fourth-order valence-corrected chi connectivity index (χ4v) is 2.95. The molecule has 116 valence electrons. The fraction of sp³-hybridized carbons (Fsp3) is 0.357. The van der Waals surface area contributed by atoms with Gasteiger partial charge >= 0.3 is 5.97 Å². The van der Waals surface area contributed by atoms with Gasteiger partial charge in [0, 0.05) is 11.7 Å². The Hall–Kier alpha value is -1.86. The lowest BCUT2D eigenvalue weighted by atomic mass is 10.2. The Balaban J connectivity index is 2.87. The van der Waals surface area contributed by atoms with Crippen LogP contribution in [0.25, 0.3) is 0 Å². The number of sulfonamides is 1. The minimum Gasteiger partial charge on any atom is -0.480 e. The van der Waals surface area contributed by atoms with E-state index in [1.165, 1.54) is 30.3 Å². The number of hydrogen-bond acceptors (Lipinski definition) is 4. The van der Waals surface area contributed by atoms with Gasteiger partial charge in [0.05, 0.1) is 4.90 Å². The van der Waals surface area contributed by atoms with Crippen molar-refractivity contribution in [3.8, 4) is 0 Å². The van der Waals surface area contributed by atoms with Crippen molar-refractivity contribution in [2.75, 3.05) is 5.32 Å². The molecular formula is C14H20N2O4S. The summed E-state index contributed by atoms with van der Waals surface area (Å²) >= 11 is 0. The van der Waals surface area contributed by atoms with Gasteiger partial charge in [0.15, 0.2) is 0 Å². The van der Waals surface area contributed by atoms with Gasteiger partial charge in [-0.3, -0.25) is 0 Å². The van der Waals surface area contributed by atoms with E-state index in [2.05, 4.69) is 16.6 Å². The third-order valence-corrected chi connectivity index (χ3v) is 4.27. The molecule has 1 unspecified atom stereocenters. The van der Waals surface area contributed by atoms with Gasteiger partial charge in [-0.2, -0.15) is 0 Å². The van der Waals surface area contributed by atoms with Crippen molar-refractivity contribution < 1.29 is 18.3 Å². The fourth-order valence-electron chi connectivity index (χ4n) is 1.70. The number of hydrogen-bond donors (Lipinski definition) is 3. The Kier molecular flexibility index (Phi) is 5.92. The third kappa shape index (κ3) is 5.20. The van der Waals surface area contributed by atoms with Crippen molar-refractivity contribution in [2.45, 2.75) is 37.2 Å². The first-order valence-corrected chi connectivity index (χ1v) is 7.97. The molecule has 0 fully saturated rings. The molecule has 0 saturated heterocycles. The highest BCUT2D eigenvalue weighted by atomic mass is 32.2. The van der Waals surface area contributed by atoms with E-state index in [0.717, 1.165) is 0 Å². The smallest absolute Gasteiger partial charge is 0.326 e. The second-order valence-electron chi connectivity index (χ2n) is 4.86. The average molecular weight is 312 g/mol. The highest BCUT2D eigenvalue weighted by molar-refractivity contribution is 7.89. The van der Waals surface area contributed by atoms with Crippen LogP contribution in [0.3, 0.4) is 0 Å². The summed E-state index contributed by atoms with van der Waals surface area (Å²) in [6, 6.07) is 4.94. The molecule has 0 amide bonds. The molecule has 0 radical (unpaired) electrons. The van der Waals surface area contributed by atoms with Gasteiger partial charge in [0.25, 0.3) is 0 Å². The number of benzene rings is 1. The summed E-state index contributed by atoms with van der Waals surface area (Å²) in [4.78, 5) is 11.2. The van der Waals surface area contributed by atoms with Gasteiger partial charge < -0.3 is 10.4 Å². The summed E-state index contributed by atoms with van der Waals surface area (Å²) in [5.41, 5.74) is 0.535. The summed E-state index contributed by atoms with van der Waals surface area (Å²) in [5.74, 6) is -0.993. The highest BCUT2D eigenvalue weighted by Crippen LogP contribution is 2.16. The predicted octanol–water partition coefficient (Wildman–Crippen LogP) is 1.81. The van der Waals surface area contributed by atoms with Crippen LogP contribution in [-0.2, 0) is 14.8 Å². The quantitative estimate of drug-likeness (QED) is 0.636. The first-order valence-electron chi connectivity index (χ1n) is 6.49. The number of aliphatic carboxylic acids is 1. The van der Waals surface area contributed by atoms with E-state index in [9.17, 15) is 13.2 Å². The minimum absolute atomic E-state index is 0.136. The Morgan fingerprint density at radius 1 is 1.33 bits per heavy atom. The zero-order valence-corrected chi connectivity index (χ0v) is 12.9. The molecule has 1 aromatic rings. The van der Waals surface area contributed by atoms with Gasteiger partial charge in [-0.1, -0.05) is 6.08 Å². The molecule has 3 N–H and O–H groups in total. The lowest BCUT2D eigenvalue weighted by Gasteiger charge is -2.15. The molecule has 0 aliphatic heterocycles. The topological polar surface area (TPSA) is 95.5 Å². The number of carbonyl (C=O) groups is 1. The van der Waals surface area contributed by atoms with Crippen molar-refractivity contribution in [3.05, 3.63) is 36.9 Å². The predicted molar refractivity (Wildman–Crippen MR) is 81.8 cm³/mol. The van der Waals surface area contributed by atoms with Crippen LogP contribution in [0, 0.1) is 0 Å². The maximum absolute atomic E-state index is 11.9. The van der Waals surface area contributed by atoms with Crippen LogP contribution >= 0.6 is 0 Å². The van der Waals surface area contributed by atoms with E-state index >= 15 is 0 Å². The molecule has 0 heterocycles. The number of anilines is 1. The Labute approximate surface area is 124 Å². The molecule has 7 heteroatoms. The van der Waals surface area contributed by atoms with Crippen LogP contribution < -0.4 is 10.0 Å². The molecule has 0 bridgehead atoms. The van der Waals surface area contributed by atoms with Gasteiger partial charge in [0.1, 0.15) is 6.04 Å². The van der Waals surface area contributed by atoms with E-state index < -0.39 is 22.0 Å². The molecule has 0 spiro atoms. The van der Waals surface area contributed by atoms with Crippen LogP contribution in [0.5, 0.6) is 0 Å². The first-order chi connectivity index (χ1) is 9.76. The second-order valence-corrected chi connectivity index (χ2v) is 6.57. The van der Waals surface area contributed by atoms with Crippen LogP contribution in [0.15, 0.2) is 41.8 Å². The third-order valence-electron chi connectivity index (χ3n) is 2.60. The molecule has 21 heavy (non-hydrogen) atoms. The largest absolute Gasteiger partial charge is 0.480 e. The molecule has 0 aliphatic rings. The minimum atomic E-state index is -3.54. The van der Waals surface area contributed by atoms with E-state index in [4.69, 9.17) is 5.11 Å². The Morgan fingerprint density at radius 3 is 2.33 bits per heavy atom. The first kappa shape index (κ1) is 17.2. The maximum Gasteiger partial charge on any atom is 0.326 e. The van der Waals surface area contributed by atoms with Crippen molar-refractivity contribution in [1.82, 2.24) is 4.72 Å². The molecule has 0 aromatic heterocycles.